The number of nitrogens with zero attached hydrogens (tertiary/aromatic N) is 4. The zero-order valence-corrected chi connectivity index (χ0v) is 19.2. The minimum absolute atomic E-state index is 0.0474. The van der Waals surface area contributed by atoms with E-state index < -0.39 is 14.9 Å². The van der Waals surface area contributed by atoms with Crippen LogP contribution in [0.25, 0.3) is 0 Å². The number of nitriles is 1. The number of hydrogen-bond donors (Lipinski definition) is 3. The summed E-state index contributed by atoms with van der Waals surface area (Å²) in [6, 6.07) is 6.08. The number of nitrogens with one attached hydrogen (secondary N) is 2. The molecule has 1 aliphatic rings. The normalized spacial score (nSPS) is 15.0. The second kappa shape index (κ2) is 11.1. The van der Waals surface area contributed by atoms with Crippen LogP contribution >= 0.6 is 0 Å². The third kappa shape index (κ3) is 6.00. The number of aromatic amines is 1. The molecule has 33 heavy (non-hydrogen) atoms. The second-order valence-electron chi connectivity index (χ2n) is 8.07. The lowest BCUT2D eigenvalue weighted by Crippen LogP contribution is -2.32. The number of nitro benzene ring substituents is 1. The number of unbranched alkanes of at least 4 members (excludes halogenated alkanes) is 2. The van der Waals surface area contributed by atoms with Crippen LogP contribution in [-0.2, 0) is 16.4 Å². The summed E-state index contributed by atoms with van der Waals surface area (Å²) >= 11 is 0. The summed E-state index contributed by atoms with van der Waals surface area (Å²) in [6.07, 6.45) is 6.58. The fourth-order valence-electron chi connectivity index (χ4n) is 3.93. The Balaban J connectivity index is 1.57. The van der Waals surface area contributed by atoms with Crippen molar-refractivity contribution in [3.63, 3.8) is 0 Å². The van der Waals surface area contributed by atoms with Gasteiger partial charge in [-0.2, -0.15) is 14.7 Å². The molecule has 11 nitrogen and oxygen atoms in total. The van der Waals surface area contributed by atoms with Crippen molar-refractivity contribution in [2.45, 2.75) is 56.3 Å². The van der Waals surface area contributed by atoms with Gasteiger partial charge in [-0.15, -0.1) is 0 Å². The number of sulfonamides is 1. The van der Waals surface area contributed by atoms with Gasteiger partial charge in [0.15, 0.2) is 5.82 Å². The van der Waals surface area contributed by atoms with E-state index in [9.17, 15) is 18.5 Å². The highest BCUT2D eigenvalue weighted by Crippen LogP contribution is 2.30. The molecule has 1 saturated heterocycles. The van der Waals surface area contributed by atoms with Gasteiger partial charge < -0.3 is 11.1 Å². The summed E-state index contributed by atoms with van der Waals surface area (Å²) in [4.78, 5) is 11.0. The summed E-state index contributed by atoms with van der Waals surface area (Å²) in [5.41, 5.74) is 6.75. The number of aromatic nitrogens is 2. The Kier molecular flexibility index (Phi) is 8.24. The van der Waals surface area contributed by atoms with Crippen LogP contribution < -0.4 is 11.1 Å². The average Bonchev–Trinajstić information content (AvgIpc) is 2.98. The van der Waals surface area contributed by atoms with E-state index in [0.29, 0.717) is 43.0 Å². The van der Waals surface area contributed by atoms with E-state index in [1.165, 1.54) is 16.4 Å². The maximum Gasteiger partial charge on any atom is 0.293 e. The molecule has 1 aromatic heterocycles. The van der Waals surface area contributed by atoms with Crippen molar-refractivity contribution in [3.8, 4) is 6.07 Å². The van der Waals surface area contributed by atoms with Crippen LogP contribution in [0.15, 0.2) is 23.1 Å². The molecule has 0 unspecified atom stereocenters. The first-order chi connectivity index (χ1) is 15.8. The van der Waals surface area contributed by atoms with Crippen LogP contribution in [0.3, 0.4) is 0 Å². The lowest BCUT2D eigenvalue weighted by molar-refractivity contribution is -0.384. The zero-order chi connectivity index (χ0) is 23.8. The molecule has 0 bridgehead atoms. The van der Waals surface area contributed by atoms with Gasteiger partial charge in [0.2, 0.25) is 10.0 Å². The number of H-pyrrole nitrogens is 1. The van der Waals surface area contributed by atoms with Crippen molar-refractivity contribution in [2.75, 3.05) is 30.7 Å². The second-order valence-corrected chi connectivity index (χ2v) is 10.0. The third-order valence-corrected chi connectivity index (χ3v) is 7.66. The van der Waals surface area contributed by atoms with Crippen LogP contribution in [0.5, 0.6) is 0 Å². The van der Waals surface area contributed by atoms with Crippen molar-refractivity contribution in [1.82, 2.24) is 14.5 Å². The third-order valence-electron chi connectivity index (χ3n) is 5.77. The predicted molar refractivity (Wildman–Crippen MR) is 124 cm³/mol. The molecule has 1 aliphatic heterocycles. The van der Waals surface area contributed by atoms with E-state index in [4.69, 9.17) is 11.0 Å². The Morgan fingerprint density at radius 1 is 1.21 bits per heavy atom. The van der Waals surface area contributed by atoms with Crippen LogP contribution in [0.2, 0.25) is 0 Å². The highest BCUT2D eigenvalue weighted by Gasteiger charge is 2.28. The zero-order valence-electron chi connectivity index (χ0n) is 18.4. The van der Waals surface area contributed by atoms with E-state index in [2.05, 4.69) is 15.5 Å². The standard InChI is InChI=1S/C21H29N7O4S/c22-15-17-18(25-26-21(17)23)8-4-3-5-11-24-19-10-9-16(14-20(19)28(29)30)33(31,32)27-12-6-1-2-7-13-27/h9-10,14,24H,1-8,11-13H2,(H3,23,25,26). The number of rotatable bonds is 10. The number of anilines is 2. The van der Waals surface area contributed by atoms with Crippen LogP contribution in [-0.4, -0.2) is 47.5 Å². The van der Waals surface area contributed by atoms with Gasteiger partial charge in [0.25, 0.3) is 5.69 Å². The van der Waals surface area contributed by atoms with Crippen molar-refractivity contribution in [2.24, 2.45) is 0 Å². The molecule has 12 heteroatoms. The highest BCUT2D eigenvalue weighted by atomic mass is 32.2. The first-order valence-corrected chi connectivity index (χ1v) is 12.5. The molecular formula is C21H29N7O4S. The van der Waals surface area contributed by atoms with Crippen LogP contribution in [0.4, 0.5) is 17.2 Å². The molecular weight excluding hydrogens is 446 g/mol. The van der Waals surface area contributed by atoms with Gasteiger partial charge >= 0.3 is 0 Å². The van der Waals surface area contributed by atoms with Crippen molar-refractivity contribution >= 4 is 27.2 Å². The van der Waals surface area contributed by atoms with Gasteiger partial charge in [0.05, 0.1) is 15.5 Å². The molecule has 2 heterocycles. The molecule has 3 rings (SSSR count). The molecule has 1 aromatic carbocycles. The Labute approximate surface area is 193 Å². The van der Waals surface area contributed by atoms with Gasteiger partial charge in [-0.05, 0) is 44.2 Å². The Morgan fingerprint density at radius 2 is 1.94 bits per heavy atom. The number of aryl methyl sites for hydroxylation is 1. The summed E-state index contributed by atoms with van der Waals surface area (Å²) in [7, 11) is -3.76. The summed E-state index contributed by atoms with van der Waals surface area (Å²) in [6.45, 7) is 1.38. The molecule has 0 radical (unpaired) electrons. The Hall–Kier alpha value is -3.17. The Morgan fingerprint density at radius 3 is 2.61 bits per heavy atom. The van der Waals surface area contributed by atoms with E-state index in [-0.39, 0.29) is 16.4 Å². The first kappa shape index (κ1) is 24.5. The van der Waals surface area contributed by atoms with Gasteiger partial charge in [-0.1, -0.05) is 19.3 Å². The van der Waals surface area contributed by atoms with Crippen molar-refractivity contribution in [1.29, 1.82) is 5.26 Å². The maximum atomic E-state index is 13.0. The number of benzene rings is 1. The summed E-state index contributed by atoms with van der Waals surface area (Å²) in [5.74, 6) is 0.197. The van der Waals surface area contributed by atoms with E-state index in [1.54, 1.807) is 0 Å². The number of nitrogen functional groups attached to an aromatic ring is 1. The van der Waals surface area contributed by atoms with Crippen molar-refractivity contribution < 1.29 is 13.3 Å². The molecule has 2 aromatic rings. The van der Waals surface area contributed by atoms with E-state index in [0.717, 1.165) is 51.0 Å². The fourth-order valence-corrected chi connectivity index (χ4v) is 5.47. The summed E-state index contributed by atoms with van der Waals surface area (Å²) < 4.78 is 27.4. The minimum Gasteiger partial charge on any atom is -0.381 e. The smallest absolute Gasteiger partial charge is 0.293 e. The SMILES string of the molecule is N#Cc1c(N)n[nH]c1CCCCCNc1ccc(S(=O)(=O)N2CCCCCC2)cc1[N+](=O)[O-]. The number of hydrogen-bond acceptors (Lipinski definition) is 8. The molecule has 0 atom stereocenters. The Bertz CT molecular complexity index is 1120. The minimum atomic E-state index is -3.76. The molecule has 1 fully saturated rings. The first-order valence-electron chi connectivity index (χ1n) is 11.1. The van der Waals surface area contributed by atoms with Crippen molar-refractivity contribution in [3.05, 3.63) is 39.6 Å². The van der Waals surface area contributed by atoms with Gasteiger partial charge in [0, 0.05) is 25.7 Å². The van der Waals surface area contributed by atoms with Gasteiger partial charge in [0.1, 0.15) is 17.3 Å². The molecule has 0 saturated carbocycles. The largest absolute Gasteiger partial charge is 0.381 e. The highest BCUT2D eigenvalue weighted by molar-refractivity contribution is 7.89. The molecule has 178 valence electrons. The lowest BCUT2D eigenvalue weighted by atomic mass is 10.1. The van der Waals surface area contributed by atoms with E-state index in [1.807, 2.05) is 6.07 Å². The van der Waals surface area contributed by atoms with Gasteiger partial charge in [-0.25, -0.2) is 8.42 Å². The average molecular weight is 476 g/mol. The van der Waals surface area contributed by atoms with Gasteiger partial charge in [-0.3, -0.25) is 15.2 Å². The number of nitro groups is 1. The van der Waals surface area contributed by atoms with Crippen LogP contribution in [0, 0.1) is 21.4 Å². The molecule has 0 spiro atoms. The lowest BCUT2D eigenvalue weighted by Gasteiger charge is -2.20. The predicted octanol–water partition coefficient (Wildman–Crippen LogP) is 3.16. The quantitative estimate of drug-likeness (QED) is 0.267. The monoisotopic (exact) mass is 475 g/mol. The fraction of sp³-hybridized carbons (Fsp3) is 0.524. The molecule has 0 amide bonds. The molecule has 4 N–H and O–H groups in total. The topological polar surface area (TPSA) is 171 Å². The number of nitrogens with two attached hydrogens (primary N) is 1. The molecule has 0 aliphatic carbocycles. The van der Waals surface area contributed by atoms with E-state index >= 15 is 0 Å². The van der Waals surface area contributed by atoms with Crippen LogP contribution in [0.1, 0.15) is 56.2 Å². The summed E-state index contributed by atoms with van der Waals surface area (Å²) in [5, 5.41) is 30.3. The maximum absolute atomic E-state index is 13.0.